The van der Waals surface area contributed by atoms with Gasteiger partial charge >= 0.3 is 6.09 Å². The normalized spacial score (nSPS) is 18.3. The van der Waals surface area contributed by atoms with Gasteiger partial charge in [0.25, 0.3) is 0 Å². The summed E-state index contributed by atoms with van der Waals surface area (Å²) in [5.41, 5.74) is 2.11. The van der Waals surface area contributed by atoms with E-state index in [2.05, 4.69) is 46.4 Å². The standard InChI is InChI=1S/C18H27BrN2O2/c1-13-9-14(5-6-16(13)19)10-20-11-15-7-8-21(12-15)17(22)23-18(2,3)4/h5-6,9,15,20H,7-8,10-12H2,1-4H3. The number of carbonyl (C=O) groups is 1. The van der Waals surface area contributed by atoms with Crippen molar-refractivity contribution < 1.29 is 9.53 Å². The number of likely N-dealkylation sites (tertiary alicyclic amines) is 1. The molecule has 1 fully saturated rings. The van der Waals surface area contributed by atoms with Crippen LogP contribution < -0.4 is 5.32 Å². The average Bonchev–Trinajstić information content (AvgIpc) is 2.90. The average molecular weight is 383 g/mol. The lowest BCUT2D eigenvalue weighted by Crippen LogP contribution is -2.36. The van der Waals surface area contributed by atoms with Crippen molar-refractivity contribution in [1.82, 2.24) is 10.2 Å². The maximum absolute atomic E-state index is 12.1. The third-order valence-electron chi connectivity index (χ3n) is 3.92. The molecule has 4 nitrogen and oxygen atoms in total. The first kappa shape index (κ1) is 18.3. The number of carbonyl (C=O) groups excluding carboxylic acids is 1. The van der Waals surface area contributed by atoms with E-state index < -0.39 is 5.60 Å². The molecule has 1 heterocycles. The molecule has 1 aromatic carbocycles. The quantitative estimate of drug-likeness (QED) is 0.851. The van der Waals surface area contributed by atoms with Crippen LogP contribution in [-0.4, -0.2) is 36.2 Å². The van der Waals surface area contributed by atoms with Gasteiger partial charge in [-0.2, -0.15) is 0 Å². The summed E-state index contributed by atoms with van der Waals surface area (Å²) in [6, 6.07) is 6.41. The highest BCUT2D eigenvalue weighted by molar-refractivity contribution is 9.10. The number of ether oxygens (including phenoxy) is 1. The van der Waals surface area contributed by atoms with Crippen LogP contribution in [0.3, 0.4) is 0 Å². The third kappa shape index (κ3) is 5.81. The van der Waals surface area contributed by atoms with Crippen molar-refractivity contribution in [2.75, 3.05) is 19.6 Å². The molecular formula is C18H27BrN2O2. The van der Waals surface area contributed by atoms with Gasteiger partial charge in [-0.05, 0) is 57.2 Å². The number of rotatable bonds is 4. The van der Waals surface area contributed by atoms with Crippen LogP contribution in [0.15, 0.2) is 22.7 Å². The summed E-state index contributed by atoms with van der Waals surface area (Å²) in [4.78, 5) is 13.9. The van der Waals surface area contributed by atoms with Crippen molar-refractivity contribution in [3.05, 3.63) is 33.8 Å². The molecule has 0 bridgehead atoms. The second-order valence-electron chi connectivity index (χ2n) is 7.30. The fourth-order valence-electron chi connectivity index (χ4n) is 2.73. The summed E-state index contributed by atoms with van der Waals surface area (Å²) in [6.45, 7) is 11.2. The smallest absolute Gasteiger partial charge is 0.410 e. The summed E-state index contributed by atoms with van der Waals surface area (Å²) in [6.07, 6.45) is 0.842. The lowest BCUT2D eigenvalue weighted by Gasteiger charge is -2.24. The maximum atomic E-state index is 12.1. The van der Waals surface area contributed by atoms with E-state index in [-0.39, 0.29) is 6.09 Å². The highest BCUT2D eigenvalue weighted by Gasteiger charge is 2.29. The van der Waals surface area contributed by atoms with Crippen LogP contribution in [0.25, 0.3) is 0 Å². The molecule has 1 aliphatic heterocycles. The van der Waals surface area contributed by atoms with E-state index in [1.54, 1.807) is 0 Å². The van der Waals surface area contributed by atoms with E-state index in [0.717, 1.165) is 37.1 Å². The van der Waals surface area contributed by atoms with Gasteiger partial charge in [0.1, 0.15) is 5.60 Å². The Bertz CT molecular complexity index is 554. The van der Waals surface area contributed by atoms with Crippen molar-refractivity contribution in [1.29, 1.82) is 0 Å². The molecule has 0 aliphatic carbocycles. The first-order chi connectivity index (χ1) is 10.7. The Morgan fingerprint density at radius 3 is 2.83 bits per heavy atom. The lowest BCUT2D eigenvalue weighted by molar-refractivity contribution is 0.0288. The third-order valence-corrected chi connectivity index (χ3v) is 4.81. The predicted molar refractivity (Wildman–Crippen MR) is 96.5 cm³/mol. The highest BCUT2D eigenvalue weighted by atomic mass is 79.9. The zero-order valence-electron chi connectivity index (χ0n) is 14.5. The van der Waals surface area contributed by atoms with Gasteiger partial charge < -0.3 is 15.0 Å². The van der Waals surface area contributed by atoms with Gasteiger partial charge in [-0.1, -0.05) is 28.1 Å². The number of nitrogens with zero attached hydrogens (tertiary/aromatic N) is 1. The number of aryl methyl sites for hydroxylation is 1. The number of hydrogen-bond donors (Lipinski definition) is 1. The van der Waals surface area contributed by atoms with E-state index in [0.29, 0.717) is 5.92 Å². The molecule has 0 aromatic heterocycles. The fraction of sp³-hybridized carbons (Fsp3) is 0.611. The minimum absolute atomic E-state index is 0.191. The summed E-state index contributed by atoms with van der Waals surface area (Å²) in [7, 11) is 0. The predicted octanol–water partition coefficient (Wildman–Crippen LogP) is 4.10. The molecule has 23 heavy (non-hydrogen) atoms. The van der Waals surface area contributed by atoms with Gasteiger partial charge in [0.05, 0.1) is 0 Å². The molecule has 5 heteroatoms. The number of hydrogen-bond acceptors (Lipinski definition) is 3. The van der Waals surface area contributed by atoms with E-state index in [4.69, 9.17) is 4.74 Å². The zero-order valence-corrected chi connectivity index (χ0v) is 16.1. The van der Waals surface area contributed by atoms with E-state index >= 15 is 0 Å². The van der Waals surface area contributed by atoms with E-state index in [1.807, 2.05) is 25.7 Å². The Morgan fingerprint density at radius 1 is 1.43 bits per heavy atom. The van der Waals surface area contributed by atoms with Crippen molar-refractivity contribution in [3.63, 3.8) is 0 Å². The molecule has 1 N–H and O–H groups in total. The SMILES string of the molecule is Cc1cc(CNCC2CCN(C(=O)OC(C)(C)C)C2)ccc1Br. The van der Waals surface area contributed by atoms with E-state index in [1.165, 1.54) is 11.1 Å². The first-order valence-electron chi connectivity index (χ1n) is 8.18. The Morgan fingerprint density at radius 2 is 2.17 bits per heavy atom. The second-order valence-corrected chi connectivity index (χ2v) is 8.15. The van der Waals surface area contributed by atoms with Crippen molar-refractivity contribution in [2.45, 2.75) is 46.3 Å². The van der Waals surface area contributed by atoms with Crippen molar-refractivity contribution in [3.8, 4) is 0 Å². The van der Waals surface area contributed by atoms with Gasteiger partial charge in [-0.3, -0.25) is 0 Å². The van der Waals surface area contributed by atoms with Crippen molar-refractivity contribution in [2.24, 2.45) is 5.92 Å². The maximum Gasteiger partial charge on any atom is 0.410 e. The molecule has 0 saturated carbocycles. The Kier molecular flexibility index (Phi) is 6.09. The molecule has 0 spiro atoms. The van der Waals surface area contributed by atoms with Crippen molar-refractivity contribution >= 4 is 22.0 Å². The number of amides is 1. The van der Waals surface area contributed by atoms with Gasteiger partial charge in [-0.15, -0.1) is 0 Å². The minimum atomic E-state index is -0.424. The highest BCUT2D eigenvalue weighted by Crippen LogP contribution is 2.20. The largest absolute Gasteiger partial charge is 0.444 e. The molecule has 0 radical (unpaired) electrons. The number of halogens is 1. The zero-order chi connectivity index (χ0) is 17.0. The molecule has 1 unspecified atom stereocenters. The molecule has 1 aliphatic rings. The van der Waals surface area contributed by atoms with Crippen LogP contribution in [0, 0.1) is 12.8 Å². The monoisotopic (exact) mass is 382 g/mol. The minimum Gasteiger partial charge on any atom is -0.444 e. The van der Waals surface area contributed by atoms with Crippen LogP contribution in [0.2, 0.25) is 0 Å². The van der Waals surface area contributed by atoms with Gasteiger partial charge in [0.2, 0.25) is 0 Å². The summed E-state index contributed by atoms with van der Waals surface area (Å²) in [5.74, 6) is 0.499. The number of nitrogens with one attached hydrogen (secondary N) is 1. The molecule has 1 saturated heterocycles. The number of benzene rings is 1. The Labute approximate surface area is 147 Å². The van der Waals surface area contributed by atoms with Crippen LogP contribution >= 0.6 is 15.9 Å². The first-order valence-corrected chi connectivity index (χ1v) is 8.97. The second kappa shape index (κ2) is 7.67. The molecular weight excluding hydrogens is 356 g/mol. The lowest BCUT2D eigenvalue weighted by atomic mass is 10.1. The topological polar surface area (TPSA) is 41.6 Å². The molecule has 1 aromatic rings. The molecule has 1 atom stereocenters. The Balaban J connectivity index is 1.73. The van der Waals surface area contributed by atoms with Crippen LogP contribution in [0.4, 0.5) is 4.79 Å². The van der Waals surface area contributed by atoms with Gasteiger partial charge in [0, 0.05) is 30.7 Å². The summed E-state index contributed by atoms with van der Waals surface area (Å²) in [5, 5.41) is 3.50. The summed E-state index contributed by atoms with van der Waals surface area (Å²) >= 11 is 3.52. The van der Waals surface area contributed by atoms with E-state index in [9.17, 15) is 4.79 Å². The molecule has 1 amide bonds. The van der Waals surface area contributed by atoms with Crippen LogP contribution in [-0.2, 0) is 11.3 Å². The summed E-state index contributed by atoms with van der Waals surface area (Å²) < 4.78 is 6.57. The molecule has 128 valence electrons. The fourth-order valence-corrected chi connectivity index (χ4v) is 2.98. The molecule has 2 rings (SSSR count). The Hall–Kier alpha value is -1.07. The van der Waals surface area contributed by atoms with Crippen LogP contribution in [0.5, 0.6) is 0 Å². The van der Waals surface area contributed by atoms with Gasteiger partial charge in [0.15, 0.2) is 0 Å². The van der Waals surface area contributed by atoms with Crippen LogP contribution in [0.1, 0.15) is 38.3 Å². The van der Waals surface area contributed by atoms with Gasteiger partial charge in [-0.25, -0.2) is 4.79 Å².